The summed E-state index contributed by atoms with van der Waals surface area (Å²) in [6.45, 7) is 3.52. The normalized spacial score (nSPS) is 15.6. The van der Waals surface area contributed by atoms with E-state index in [1.165, 1.54) is 25.3 Å². The zero-order chi connectivity index (χ0) is 20.0. The van der Waals surface area contributed by atoms with Crippen molar-refractivity contribution in [3.63, 3.8) is 0 Å². The lowest BCUT2D eigenvalue weighted by Gasteiger charge is -2.16. The molecule has 2 rings (SSSR count). The molecule has 0 bridgehead atoms. The first-order valence-electron chi connectivity index (χ1n) is 8.83. The third kappa shape index (κ3) is 5.99. The SMILES string of the molecule is Cc1cc(C(F)(F)F)c(C#N)c(SC(C)C(=O)NCCC2=CCCCC2)n1. The number of hydrogen-bond acceptors (Lipinski definition) is 4. The van der Waals surface area contributed by atoms with Crippen LogP contribution in [0.25, 0.3) is 0 Å². The minimum atomic E-state index is -4.65. The van der Waals surface area contributed by atoms with Gasteiger partial charge in [0.1, 0.15) is 11.1 Å². The summed E-state index contributed by atoms with van der Waals surface area (Å²) in [5.41, 5.74) is -0.0635. The second kappa shape index (κ2) is 9.27. The van der Waals surface area contributed by atoms with E-state index in [0.717, 1.165) is 37.1 Å². The summed E-state index contributed by atoms with van der Waals surface area (Å²) in [5.74, 6) is -0.280. The lowest BCUT2D eigenvalue weighted by Crippen LogP contribution is -2.32. The summed E-state index contributed by atoms with van der Waals surface area (Å²) in [7, 11) is 0. The van der Waals surface area contributed by atoms with Gasteiger partial charge in [-0.15, -0.1) is 0 Å². The zero-order valence-corrected chi connectivity index (χ0v) is 16.1. The van der Waals surface area contributed by atoms with Gasteiger partial charge in [-0.3, -0.25) is 4.79 Å². The maximum atomic E-state index is 13.2. The van der Waals surface area contributed by atoms with Gasteiger partial charge in [0.2, 0.25) is 5.91 Å². The van der Waals surface area contributed by atoms with Gasteiger partial charge in [-0.05, 0) is 52.0 Å². The Bertz CT molecular complexity index is 769. The van der Waals surface area contributed by atoms with Gasteiger partial charge in [0.15, 0.2) is 0 Å². The van der Waals surface area contributed by atoms with E-state index in [9.17, 15) is 23.2 Å². The molecule has 1 N–H and O–H groups in total. The average Bonchev–Trinajstić information content (AvgIpc) is 2.61. The van der Waals surface area contributed by atoms with Crippen LogP contribution in [0.4, 0.5) is 13.2 Å². The van der Waals surface area contributed by atoms with Crippen molar-refractivity contribution < 1.29 is 18.0 Å². The number of carbonyl (C=O) groups excluding carboxylic acids is 1. The van der Waals surface area contributed by atoms with Crippen LogP contribution >= 0.6 is 11.8 Å². The Labute approximate surface area is 161 Å². The molecule has 8 heteroatoms. The monoisotopic (exact) mass is 397 g/mol. The molecule has 0 saturated heterocycles. The number of nitrogens with zero attached hydrogens (tertiary/aromatic N) is 2. The van der Waals surface area contributed by atoms with Crippen LogP contribution in [0.15, 0.2) is 22.7 Å². The fraction of sp³-hybridized carbons (Fsp3) is 0.526. The Morgan fingerprint density at radius 1 is 1.44 bits per heavy atom. The predicted octanol–water partition coefficient (Wildman–Crippen LogP) is 4.77. The molecule has 1 aliphatic carbocycles. The molecular formula is C19H22F3N3OS. The highest BCUT2D eigenvalue weighted by Crippen LogP contribution is 2.36. The number of aryl methyl sites for hydroxylation is 1. The molecule has 1 unspecified atom stereocenters. The van der Waals surface area contributed by atoms with Crippen LogP contribution in [0.5, 0.6) is 0 Å². The Morgan fingerprint density at radius 3 is 2.78 bits per heavy atom. The van der Waals surface area contributed by atoms with Gasteiger partial charge >= 0.3 is 6.18 Å². The number of aromatic nitrogens is 1. The summed E-state index contributed by atoms with van der Waals surface area (Å²) < 4.78 is 39.5. The zero-order valence-electron chi connectivity index (χ0n) is 15.3. The molecule has 1 aromatic heterocycles. The minimum absolute atomic E-state index is 0.0672. The van der Waals surface area contributed by atoms with Gasteiger partial charge in [0.25, 0.3) is 0 Å². The topological polar surface area (TPSA) is 65.8 Å². The molecule has 4 nitrogen and oxygen atoms in total. The van der Waals surface area contributed by atoms with Crippen LogP contribution in [-0.4, -0.2) is 22.7 Å². The van der Waals surface area contributed by atoms with E-state index >= 15 is 0 Å². The highest BCUT2D eigenvalue weighted by Gasteiger charge is 2.36. The average molecular weight is 397 g/mol. The molecule has 27 heavy (non-hydrogen) atoms. The number of nitriles is 1. The number of halogens is 3. The molecule has 0 aliphatic heterocycles. The van der Waals surface area contributed by atoms with E-state index in [0.29, 0.717) is 6.54 Å². The second-order valence-corrected chi connectivity index (χ2v) is 7.84. The van der Waals surface area contributed by atoms with Crippen LogP contribution in [0, 0.1) is 18.3 Å². The Balaban J connectivity index is 2.03. The maximum absolute atomic E-state index is 13.2. The lowest BCUT2D eigenvalue weighted by molar-refractivity contribution is -0.138. The van der Waals surface area contributed by atoms with Crippen molar-refractivity contribution in [2.75, 3.05) is 6.54 Å². The van der Waals surface area contributed by atoms with Crippen molar-refractivity contribution in [3.8, 4) is 6.07 Å². The van der Waals surface area contributed by atoms with Crippen LogP contribution in [0.1, 0.15) is 55.8 Å². The third-order valence-electron chi connectivity index (χ3n) is 4.32. The van der Waals surface area contributed by atoms with E-state index in [-0.39, 0.29) is 16.6 Å². The summed E-state index contributed by atoms with van der Waals surface area (Å²) in [6, 6.07) is 2.44. The number of amides is 1. The van der Waals surface area contributed by atoms with E-state index in [4.69, 9.17) is 0 Å². The van der Waals surface area contributed by atoms with Crippen molar-refractivity contribution >= 4 is 17.7 Å². The number of thioether (sulfide) groups is 1. The standard InChI is InChI=1S/C19H22F3N3OS/c1-12-10-16(19(20,21)22)15(11-23)18(25-12)27-13(2)17(26)24-9-8-14-6-4-3-5-7-14/h6,10,13H,3-5,7-9H2,1-2H3,(H,24,26). The van der Waals surface area contributed by atoms with Gasteiger partial charge < -0.3 is 5.32 Å². The second-order valence-electron chi connectivity index (χ2n) is 6.51. The molecule has 0 spiro atoms. The lowest BCUT2D eigenvalue weighted by atomic mass is 9.97. The number of pyridine rings is 1. The molecule has 0 saturated carbocycles. The fourth-order valence-corrected chi connectivity index (χ4v) is 3.90. The Kier molecular flexibility index (Phi) is 7.31. The number of rotatable bonds is 6. The largest absolute Gasteiger partial charge is 0.417 e. The van der Waals surface area contributed by atoms with Crippen molar-refractivity contribution in [1.82, 2.24) is 10.3 Å². The molecule has 1 atom stereocenters. The van der Waals surface area contributed by atoms with Gasteiger partial charge in [-0.2, -0.15) is 18.4 Å². The maximum Gasteiger partial charge on any atom is 0.417 e. The highest BCUT2D eigenvalue weighted by molar-refractivity contribution is 8.00. The van der Waals surface area contributed by atoms with Crippen LogP contribution in [0.2, 0.25) is 0 Å². The molecule has 1 heterocycles. The first kappa shape index (κ1) is 21.3. The summed E-state index contributed by atoms with van der Waals surface area (Å²) >= 11 is 0.873. The molecular weight excluding hydrogens is 375 g/mol. The van der Waals surface area contributed by atoms with Gasteiger partial charge in [0.05, 0.1) is 16.4 Å². The van der Waals surface area contributed by atoms with Gasteiger partial charge in [-0.1, -0.05) is 23.4 Å². The first-order chi connectivity index (χ1) is 12.7. The van der Waals surface area contributed by atoms with E-state index in [2.05, 4.69) is 16.4 Å². The Morgan fingerprint density at radius 2 is 2.19 bits per heavy atom. The first-order valence-corrected chi connectivity index (χ1v) is 9.71. The number of nitrogens with one attached hydrogen (secondary N) is 1. The van der Waals surface area contributed by atoms with Crippen LogP contribution in [-0.2, 0) is 11.0 Å². The Hall–Kier alpha value is -2.01. The highest BCUT2D eigenvalue weighted by atomic mass is 32.2. The molecule has 0 aromatic carbocycles. The number of hydrogen-bond donors (Lipinski definition) is 1. The van der Waals surface area contributed by atoms with E-state index < -0.39 is 22.6 Å². The van der Waals surface area contributed by atoms with Crippen molar-refractivity contribution in [2.24, 2.45) is 0 Å². The molecule has 1 aromatic rings. The summed E-state index contributed by atoms with van der Waals surface area (Å²) in [5, 5.41) is 11.3. The number of alkyl halides is 3. The molecule has 0 fully saturated rings. The van der Waals surface area contributed by atoms with E-state index in [1.807, 2.05) is 0 Å². The van der Waals surface area contributed by atoms with Crippen molar-refractivity contribution in [2.45, 2.75) is 62.4 Å². The summed E-state index contributed by atoms with van der Waals surface area (Å²) in [4.78, 5) is 16.3. The summed E-state index contributed by atoms with van der Waals surface area (Å²) in [6.07, 6.45) is 2.85. The van der Waals surface area contributed by atoms with Gasteiger partial charge in [0, 0.05) is 12.2 Å². The van der Waals surface area contributed by atoms with Crippen molar-refractivity contribution in [1.29, 1.82) is 5.26 Å². The van der Waals surface area contributed by atoms with Gasteiger partial charge in [-0.25, -0.2) is 4.98 Å². The molecule has 0 radical (unpaired) electrons. The predicted molar refractivity (Wildman–Crippen MR) is 98.2 cm³/mol. The van der Waals surface area contributed by atoms with Crippen LogP contribution < -0.4 is 5.32 Å². The fourth-order valence-electron chi connectivity index (χ4n) is 2.90. The van der Waals surface area contributed by atoms with E-state index in [1.54, 1.807) is 13.0 Å². The van der Waals surface area contributed by atoms with Crippen molar-refractivity contribution in [3.05, 3.63) is 34.5 Å². The quantitative estimate of drug-likeness (QED) is 0.555. The number of carbonyl (C=O) groups is 1. The third-order valence-corrected chi connectivity index (χ3v) is 5.41. The smallest absolute Gasteiger partial charge is 0.355 e. The number of allylic oxidation sites excluding steroid dienone is 1. The molecule has 1 aliphatic rings. The van der Waals surface area contributed by atoms with Crippen LogP contribution in [0.3, 0.4) is 0 Å². The minimum Gasteiger partial charge on any atom is -0.355 e. The molecule has 1 amide bonds. The molecule has 146 valence electrons.